The third-order valence-corrected chi connectivity index (χ3v) is 3.81. The smallest absolute Gasteiger partial charge is 0.251 e. The average Bonchev–Trinajstić information content (AvgIpc) is 2.46. The quantitative estimate of drug-likeness (QED) is 0.575. The minimum Gasteiger partial charge on any atom is -0.348 e. The zero-order chi connectivity index (χ0) is 15.4. The lowest BCUT2D eigenvalue weighted by Gasteiger charge is -2.30. The Labute approximate surface area is 126 Å². The van der Waals surface area contributed by atoms with Crippen molar-refractivity contribution in [1.29, 1.82) is 0 Å². The molecule has 2 rings (SSSR count). The molecule has 116 valence electrons. The number of carbonyl (C=O) groups excluding carboxylic acids is 1. The summed E-state index contributed by atoms with van der Waals surface area (Å²) in [7, 11) is 2.08. The number of rotatable bonds is 4. The summed E-state index contributed by atoms with van der Waals surface area (Å²) in [5, 5.41) is 3.11. The van der Waals surface area contributed by atoms with Gasteiger partial charge in [0.15, 0.2) is 0 Å². The number of anilines is 1. The van der Waals surface area contributed by atoms with Gasteiger partial charge in [-0.15, -0.1) is 0 Å². The first kappa shape index (κ1) is 15.7. The van der Waals surface area contributed by atoms with Gasteiger partial charge in [0.05, 0.1) is 0 Å². The summed E-state index contributed by atoms with van der Waals surface area (Å²) >= 11 is 0. The largest absolute Gasteiger partial charge is 0.348 e. The molecule has 1 aromatic heterocycles. The lowest BCUT2D eigenvalue weighted by atomic mass is 10.0. The second-order valence-corrected chi connectivity index (χ2v) is 6.04. The number of nitrogens with zero attached hydrogens (tertiary/aromatic N) is 2. The van der Waals surface area contributed by atoms with E-state index in [1.807, 2.05) is 19.9 Å². The van der Waals surface area contributed by atoms with Crippen LogP contribution in [0.25, 0.3) is 0 Å². The molecule has 1 saturated heterocycles. The number of likely N-dealkylation sites (tertiary alicyclic amines) is 1. The number of nitrogen functional groups attached to an aromatic ring is 1. The molecule has 1 aliphatic heterocycles. The van der Waals surface area contributed by atoms with Crippen molar-refractivity contribution in [3.8, 4) is 0 Å². The van der Waals surface area contributed by atoms with Gasteiger partial charge in [0, 0.05) is 23.8 Å². The molecule has 4 N–H and O–H groups in total. The van der Waals surface area contributed by atoms with Crippen LogP contribution in [0, 0.1) is 0 Å². The molecule has 0 radical (unpaired) electrons. The first-order valence-corrected chi connectivity index (χ1v) is 7.47. The van der Waals surface area contributed by atoms with E-state index in [2.05, 4.69) is 27.7 Å². The van der Waals surface area contributed by atoms with Crippen molar-refractivity contribution in [2.75, 3.05) is 25.6 Å². The van der Waals surface area contributed by atoms with Gasteiger partial charge in [-0.05, 0) is 44.5 Å². The molecular weight excluding hydrogens is 266 g/mol. The van der Waals surface area contributed by atoms with E-state index in [1.54, 1.807) is 6.07 Å². The molecule has 0 aliphatic carbocycles. The second-order valence-electron chi connectivity index (χ2n) is 6.04. The van der Waals surface area contributed by atoms with Gasteiger partial charge in [0.25, 0.3) is 5.91 Å². The Hall–Kier alpha value is -1.66. The van der Waals surface area contributed by atoms with Crippen molar-refractivity contribution in [3.05, 3.63) is 23.4 Å². The number of aromatic nitrogens is 1. The molecule has 0 spiro atoms. The SMILES string of the molecule is CC(C)c1cc(C(=O)NC2CCCN(C)C2)cc(NN)n1. The van der Waals surface area contributed by atoms with E-state index in [9.17, 15) is 4.79 Å². The van der Waals surface area contributed by atoms with Crippen LogP contribution in [0.15, 0.2) is 12.1 Å². The molecule has 1 amide bonds. The Morgan fingerprint density at radius 2 is 2.24 bits per heavy atom. The minimum absolute atomic E-state index is 0.0592. The molecule has 1 fully saturated rings. The van der Waals surface area contributed by atoms with Crippen LogP contribution < -0.4 is 16.6 Å². The number of pyridine rings is 1. The van der Waals surface area contributed by atoms with Crippen LogP contribution >= 0.6 is 0 Å². The summed E-state index contributed by atoms with van der Waals surface area (Å²) in [4.78, 5) is 19.0. The van der Waals surface area contributed by atoms with Crippen LogP contribution in [-0.2, 0) is 0 Å². The summed E-state index contributed by atoms with van der Waals surface area (Å²) in [5.41, 5.74) is 3.99. The number of amides is 1. The average molecular weight is 291 g/mol. The highest BCUT2D eigenvalue weighted by Crippen LogP contribution is 2.18. The number of hydrazine groups is 1. The van der Waals surface area contributed by atoms with Gasteiger partial charge in [0.2, 0.25) is 0 Å². The summed E-state index contributed by atoms with van der Waals surface area (Å²) in [5.74, 6) is 6.14. The van der Waals surface area contributed by atoms with Gasteiger partial charge >= 0.3 is 0 Å². The summed E-state index contributed by atoms with van der Waals surface area (Å²) in [6.07, 6.45) is 2.14. The number of nitrogens with one attached hydrogen (secondary N) is 2. The lowest BCUT2D eigenvalue weighted by Crippen LogP contribution is -2.46. The van der Waals surface area contributed by atoms with Gasteiger partial charge in [-0.3, -0.25) is 4.79 Å². The van der Waals surface area contributed by atoms with Gasteiger partial charge in [-0.1, -0.05) is 13.8 Å². The zero-order valence-corrected chi connectivity index (χ0v) is 13.0. The van der Waals surface area contributed by atoms with E-state index in [4.69, 9.17) is 5.84 Å². The Balaban J connectivity index is 2.12. The van der Waals surface area contributed by atoms with Crippen LogP contribution in [0.1, 0.15) is 48.7 Å². The highest BCUT2D eigenvalue weighted by atomic mass is 16.1. The molecule has 0 saturated carbocycles. The summed E-state index contributed by atoms with van der Waals surface area (Å²) < 4.78 is 0. The van der Waals surface area contributed by atoms with Crippen molar-refractivity contribution in [3.63, 3.8) is 0 Å². The standard InChI is InChI=1S/C15H25N5O/c1-10(2)13-7-11(8-14(18-13)19-16)15(21)17-12-5-4-6-20(3)9-12/h7-8,10,12H,4-6,9,16H2,1-3H3,(H,17,21)(H,18,19). The fourth-order valence-corrected chi connectivity index (χ4v) is 2.61. The first-order valence-electron chi connectivity index (χ1n) is 7.47. The molecule has 1 unspecified atom stereocenters. The fraction of sp³-hybridized carbons (Fsp3) is 0.600. The van der Waals surface area contributed by atoms with E-state index in [0.717, 1.165) is 31.6 Å². The van der Waals surface area contributed by atoms with Crippen LogP contribution in [-0.4, -0.2) is 42.0 Å². The highest BCUT2D eigenvalue weighted by molar-refractivity contribution is 5.95. The van der Waals surface area contributed by atoms with Crippen molar-refractivity contribution < 1.29 is 4.79 Å². The number of piperidine rings is 1. The monoisotopic (exact) mass is 291 g/mol. The molecule has 6 nitrogen and oxygen atoms in total. The van der Waals surface area contributed by atoms with Crippen LogP contribution in [0.5, 0.6) is 0 Å². The predicted molar refractivity (Wildman–Crippen MR) is 84.1 cm³/mol. The van der Waals surface area contributed by atoms with Gasteiger partial charge in [0.1, 0.15) is 5.82 Å². The minimum atomic E-state index is -0.0592. The van der Waals surface area contributed by atoms with Gasteiger partial charge in [-0.2, -0.15) is 0 Å². The Morgan fingerprint density at radius 3 is 2.86 bits per heavy atom. The predicted octanol–water partition coefficient (Wildman–Crippen LogP) is 1.31. The second kappa shape index (κ2) is 6.87. The Kier molecular flexibility index (Phi) is 5.14. The van der Waals surface area contributed by atoms with Crippen molar-refractivity contribution in [2.45, 2.75) is 38.6 Å². The van der Waals surface area contributed by atoms with E-state index in [1.165, 1.54) is 0 Å². The van der Waals surface area contributed by atoms with E-state index in [-0.39, 0.29) is 17.9 Å². The molecule has 6 heteroatoms. The molecule has 1 aromatic rings. The lowest BCUT2D eigenvalue weighted by molar-refractivity contribution is 0.0912. The summed E-state index contributed by atoms with van der Waals surface area (Å²) in [6, 6.07) is 3.74. The fourth-order valence-electron chi connectivity index (χ4n) is 2.61. The third-order valence-electron chi connectivity index (χ3n) is 3.81. The zero-order valence-electron chi connectivity index (χ0n) is 13.0. The van der Waals surface area contributed by atoms with Crippen molar-refractivity contribution in [2.24, 2.45) is 5.84 Å². The number of carbonyl (C=O) groups is 1. The number of nitrogens with two attached hydrogens (primary N) is 1. The highest BCUT2D eigenvalue weighted by Gasteiger charge is 2.20. The molecule has 0 bridgehead atoms. The first-order chi connectivity index (χ1) is 9.99. The molecule has 1 atom stereocenters. The molecule has 21 heavy (non-hydrogen) atoms. The maximum Gasteiger partial charge on any atom is 0.251 e. The normalized spacial score (nSPS) is 19.6. The molecular formula is C15H25N5O. The number of hydrogen-bond acceptors (Lipinski definition) is 5. The van der Waals surface area contributed by atoms with Gasteiger partial charge < -0.3 is 15.6 Å². The number of likely N-dealkylation sites (N-methyl/N-ethyl adjacent to an activating group) is 1. The van der Waals surface area contributed by atoms with Gasteiger partial charge in [-0.25, -0.2) is 10.8 Å². The topological polar surface area (TPSA) is 83.3 Å². The maximum absolute atomic E-state index is 12.4. The third kappa shape index (κ3) is 4.15. The maximum atomic E-state index is 12.4. The Morgan fingerprint density at radius 1 is 1.48 bits per heavy atom. The Bertz CT molecular complexity index is 503. The van der Waals surface area contributed by atoms with Crippen molar-refractivity contribution in [1.82, 2.24) is 15.2 Å². The molecule has 2 heterocycles. The number of hydrogen-bond donors (Lipinski definition) is 3. The van der Waals surface area contributed by atoms with Crippen LogP contribution in [0.3, 0.4) is 0 Å². The van der Waals surface area contributed by atoms with E-state index in [0.29, 0.717) is 11.4 Å². The molecule has 0 aromatic carbocycles. The van der Waals surface area contributed by atoms with Crippen LogP contribution in [0.2, 0.25) is 0 Å². The molecule has 1 aliphatic rings. The van der Waals surface area contributed by atoms with E-state index >= 15 is 0 Å². The van der Waals surface area contributed by atoms with Crippen molar-refractivity contribution >= 4 is 11.7 Å². The van der Waals surface area contributed by atoms with E-state index < -0.39 is 0 Å². The van der Waals surface area contributed by atoms with Crippen LogP contribution in [0.4, 0.5) is 5.82 Å². The summed E-state index contributed by atoms with van der Waals surface area (Å²) in [6.45, 7) is 6.08.